The summed E-state index contributed by atoms with van der Waals surface area (Å²) in [6.07, 6.45) is 2.71. The predicted octanol–water partition coefficient (Wildman–Crippen LogP) is 6.53. The topological polar surface area (TPSA) is 26.3 Å². The first-order valence-corrected chi connectivity index (χ1v) is 10.5. The molecule has 0 atom stereocenters. The second kappa shape index (κ2) is 7.76. The number of carbonyl (C=O) groups is 1. The van der Waals surface area contributed by atoms with Crippen LogP contribution in [0.2, 0.25) is 0 Å². The molecule has 0 radical (unpaired) electrons. The van der Waals surface area contributed by atoms with Crippen molar-refractivity contribution >= 4 is 23.2 Å². The van der Waals surface area contributed by atoms with Gasteiger partial charge in [-0.1, -0.05) is 36.4 Å². The Hall–Kier alpha value is -2.65. The third-order valence-electron chi connectivity index (χ3n) is 5.62. The highest BCUT2D eigenvalue weighted by Gasteiger charge is 2.17. The molecule has 1 aromatic heterocycles. The molecule has 0 bridgehead atoms. The third-order valence-corrected chi connectivity index (χ3v) is 6.80. The van der Waals surface area contributed by atoms with Crippen LogP contribution < -0.4 is 4.74 Å². The van der Waals surface area contributed by atoms with Gasteiger partial charge in [0, 0.05) is 9.75 Å². The van der Waals surface area contributed by atoms with Crippen molar-refractivity contribution < 1.29 is 9.53 Å². The Labute approximate surface area is 170 Å². The molecule has 0 amide bonds. The number of aryl methyl sites for hydroxylation is 2. The zero-order valence-electron chi connectivity index (χ0n) is 16.5. The first kappa shape index (κ1) is 18.7. The van der Waals surface area contributed by atoms with Crippen LogP contribution in [-0.2, 0) is 17.8 Å². The number of fused-ring (bicyclic) bond motifs is 1. The average Bonchev–Trinajstić information content (AvgIpc) is 3.00. The summed E-state index contributed by atoms with van der Waals surface area (Å²) in [6, 6.07) is 16.8. The molecule has 0 fully saturated rings. The first-order chi connectivity index (χ1) is 13.6. The number of allylic oxidation sites excluding steroid dienone is 2. The van der Waals surface area contributed by atoms with E-state index in [0.717, 1.165) is 36.0 Å². The summed E-state index contributed by atoms with van der Waals surface area (Å²) in [4.78, 5) is 13.8. The SMILES string of the molecule is CC1=C(C=O)CCc2cc(OCc3sc(C)c(-c4ccccc4)c3C)ccc21. The summed E-state index contributed by atoms with van der Waals surface area (Å²) >= 11 is 1.82. The van der Waals surface area contributed by atoms with Crippen molar-refractivity contribution in [3.05, 3.63) is 80.5 Å². The lowest BCUT2D eigenvalue weighted by molar-refractivity contribution is -0.105. The molecule has 0 saturated carbocycles. The minimum absolute atomic E-state index is 0.581. The number of aldehydes is 1. The highest BCUT2D eigenvalue weighted by molar-refractivity contribution is 7.12. The van der Waals surface area contributed by atoms with E-state index in [-0.39, 0.29) is 0 Å². The first-order valence-electron chi connectivity index (χ1n) is 9.63. The summed E-state index contributed by atoms with van der Waals surface area (Å²) < 4.78 is 6.16. The summed E-state index contributed by atoms with van der Waals surface area (Å²) in [5, 5.41) is 0. The van der Waals surface area contributed by atoms with E-state index >= 15 is 0 Å². The van der Waals surface area contributed by atoms with Crippen LogP contribution in [0.5, 0.6) is 5.75 Å². The molecule has 4 rings (SSSR count). The normalized spacial score (nSPS) is 13.4. The fraction of sp³-hybridized carbons (Fsp3) is 0.240. The Morgan fingerprint density at radius 3 is 2.57 bits per heavy atom. The van der Waals surface area contributed by atoms with Gasteiger partial charge in [-0.2, -0.15) is 0 Å². The van der Waals surface area contributed by atoms with Crippen LogP contribution in [0.1, 0.15) is 39.8 Å². The van der Waals surface area contributed by atoms with E-state index in [1.54, 1.807) is 0 Å². The van der Waals surface area contributed by atoms with Crippen LogP contribution in [0.3, 0.4) is 0 Å². The van der Waals surface area contributed by atoms with Gasteiger partial charge in [0.05, 0.1) is 0 Å². The molecule has 1 aliphatic rings. The molecule has 1 aliphatic carbocycles. The van der Waals surface area contributed by atoms with E-state index in [0.29, 0.717) is 6.61 Å². The molecule has 0 unspecified atom stereocenters. The summed E-state index contributed by atoms with van der Waals surface area (Å²) in [5.74, 6) is 0.896. The summed E-state index contributed by atoms with van der Waals surface area (Å²) in [6.45, 7) is 6.98. The second-order valence-electron chi connectivity index (χ2n) is 7.32. The van der Waals surface area contributed by atoms with Crippen LogP contribution >= 0.6 is 11.3 Å². The molecule has 28 heavy (non-hydrogen) atoms. The van der Waals surface area contributed by atoms with Gasteiger partial charge in [-0.15, -0.1) is 11.3 Å². The molecular weight excluding hydrogens is 364 g/mol. The lowest BCUT2D eigenvalue weighted by atomic mass is 9.87. The number of benzene rings is 2. The smallest absolute Gasteiger partial charge is 0.146 e. The van der Waals surface area contributed by atoms with Gasteiger partial charge in [0.15, 0.2) is 0 Å². The average molecular weight is 389 g/mol. The Bertz CT molecular complexity index is 1060. The van der Waals surface area contributed by atoms with Crippen molar-refractivity contribution in [1.29, 1.82) is 0 Å². The number of ether oxygens (including phenoxy) is 1. The van der Waals surface area contributed by atoms with Gasteiger partial charge in [0.2, 0.25) is 0 Å². The minimum atomic E-state index is 0.581. The molecule has 3 heteroatoms. The highest BCUT2D eigenvalue weighted by Crippen LogP contribution is 2.37. The van der Waals surface area contributed by atoms with E-state index < -0.39 is 0 Å². The largest absolute Gasteiger partial charge is 0.488 e. The molecule has 2 nitrogen and oxygen atoms in total. The Kier molecular flexibility index (Phi) is 5.19. The summed E-state index contributed by atoms with van der Waals surface area (Å²) in [7, 11) is 0. The standard InChI is InChI=1S/C25H24O2S/c1-16-21(14-26)10-9-20-13-22(11-12-23(16)20)27-15-24-17(2)25(18(3)28-24)19-7-5-4-6-8-19/h4-8,11-14H,9-10,15H2,1-3H3. The molecule has 2 aromatic carbocycles. The minimum Gasteiger partial charge on any atom is -0.488 e. The van der Waals surface area contributed by atoms with Crippen LogP contribution in [0.15, 0.2) is 54.1 Å². The van der Waals surface area contributed by atoms with E-state index in [4.69, 9.17) is 4.74 Å². The fourth-order valence-electron chi connectivity index (χ4n) is 4.04. The highest BCUT2D eigenvalue weighted by atomic mass is 32.1. The van der Waals surface area contributed by atoms with Crippen molar-refractivity contribution in [2.24, 2.45) is 0 Å². The van der Waals surface area contributed by atoms with Crippen molar-refractivity contribution in [2.75, 3.05) is 0 Å². The van der Waals surface area contributed by atoms with E-state index in [1.807, 2.05) is 24.3 Å². The van der Waals surface area contributed by atoms with Crippen molar-refractivity contribution in [1.82, 2.24) is 0 Å². The molecule has 0 saturated heterocycles. The Balaban J connectivity index is 1.55. The zero-order chi connectivity index (χ0) is 19.7. The van der Waals surface area contributed by atoms with Gasteiger partial charge in [-0.3, -0.25) is 4.79 Å². The van der Waals surface area contributed by atoms with Crippen LogP contribution in [0.4, 0.5) is 0 Å². The molecule has 0 spiro atoms. The maximum Gasteiger partial charge on any atom is 0.146 e. The third kappa shape index (κ3) is 3.43. The molecule has 142 valence electrons. The Morgan fingerprint density at radius 1 is 1.04 bits per heavy atom. The van der Waals surface area contributed by atoms with Crippen LogP contribution in [-0.4, -0.2) is 6.29 Å². The van der Waals surface area contributed by atoms with Gasteiger partial charge in [0.25, 0.3) is 0 Å². The fourth-order valence-corrected chi connectivity index (χ4v) is 5.15. The van der Waals surface area contributed by atoms with Crippen LogP contribution in [0, 0.1) is 13.8 Å². The number of thiophene rings is 1. The lowest BCUT2D eigenvalue weighted by Gasteiger charge is -2.19. The second-order valence-corrected chi connectivity index (χ2v) is 8.63. The number of carbonyl (C=O) groups excluding carboxylic acids is 1. The van der Waals surface area contributed by atoms with Gasteiger partial charge in [0.1, 0.15) is 18.6 Å². The van der Waals surface area contributed by atoms with E-state index in [9.17, 15) is 4.79 Å². The molecule has 3 aromatic rings. The van der Waals surface area contributed by atoms with Gasteiger partial charge < -0.3 is 4.74 Å². The number of rotatable bonds is 5. The van der Waals surface area contributed by atoms with Gasteiger partial charge >= 0.3 is 0 Å². The van der Waals surface area contributed by atoms with Crippen molar-refractivity contribution in [3.63, 3.8) is 0 Å². The number of hydrogen-bond acceptors (Lipinski definition) is 3. The molecule has 1 heterocycles. The number of hydrogen-bond donors (Lipinski definition) is 0. The molecule has 0 aliphatic heterocycles. The zero-order valence-corrected chi connectivity index (χ0v) is 17.4. The lowest BCUT2D eigenvalue weighted by Crippen LogP contribution is -2.05. The quantitative estimate of drug-likeness (QED) is 0.465. The monoisotopic (exact) mass is 388 g/mol. The van der Waals surface area contributed by atoms with Gasteiger partial charge in [-0.25, -0.2) is 0 Å². The molecule has 0 N–H and O–H groups in total. The predicted molar refractivity (Wildman–Crippen MR) is 117 cm³/mol. The maximum absolute atomic E-state index is 11.2. The van der Waals surface area contributed by atoms with E-state index in [1.165, 1.54) is 37.6 Å². The van der Waals surface area contributed by atoms with Gasteiger partial charge in [-0.05, 0) is 84.7 Å². The maximum atomic E-state index is 11.2. The molecular formula is C25H24O2S. The van der Waals surface area contributed by atoms with Crippen molar-refractivity contribution in [2.45, 2.75) is 40.2 Å². The van der Waals surface area contributed by atoms with E-state index in [2.05, 4.69) is 56.3 Å². The van der Waals surface area contributed by atoms with Crippen LogP contribution in [0.25, 0.3) is 16.7 Å². The summed E-state index contributed by atoms with van der Waals surface area (Å²) in [5.41, 5.74) is 8.36. The van der Waals surface area contributed by atoms with Crippen molar-refractivity contribution in [3.8, 4) is 16.9 Å². The Morgan fingerprint density at radius 2 is 1.82 bits per heavy atom.